The lowest BCUT2D eigenvalue weighted by molar-refractivity contribution is -0.137. The number of aromatic nitrogens is 2. The van der Waals surface area contributed by atoms with E-state index in [0.29, 0.717) is 28.4 Å². The van der Waals surface area contributed by atoms with Crippen LogP contribution in [0.1, 0.15) is 35.7 Å². The third kappa shape index (κ3) is 4.25. The number of nitrogens with zero attached hydrogens (tertiary/aromatic N) is 2. The molecular weight excluding hydrogens is 391 g/mol. The Morgan fingerprint density at radius 1 is 1.10 bits per heavy atom. The minimum absolute atomic E-state index is 0.0300. The molecule has 2 aromatic carbocycles. The van der Waals surface area contributed by atoms with Crippen molar-refractivity contribution in [3.8, 4) is 22.5 Å². The number of hydrogen-bond acceptors (Lipinski definition) is 2. The van der Waals surface area contributed by atoms with Crippen molar-refractivity contribution in [1.29, 1.82) is 0 Å². The predicted molar refractivity (Wildman–Crippen MR) is 109 cm³/mol. The van der Waals surface area contributed by atoms with E-state index in [0.717, 1.165) is 43.6 Å². The van der Waals surface area contributed by atoms with E-state index in [2.05, 4.69) is 17.1 Å². The highest BCUT2D eigenvalue weighted by Crippen LogP contribution is 2.32. The Balaban J connectivity index is 1.52. The molecule has 0 radical (unpaired) electrons. The molecule has 30 heavy (non-hydrogen) atoms. The Kier molecular flexibility index (Phi) is 5.37. The van der Waals surface area contributed by atoms with Gasteiger partial charge in [0.2, 0.25) is 0 Å². The van der Waals surface area contributed by atoms with Gasteiger partial charge in [-0.2, -0.15) is 18.3 Å². The number of aromatic amines is 1. The molecule has 1 saturated heterocycles. The number of alkyl halides is 3. The SMILES string of the molecule is CC1CCCN(C(=O)c2ccc(-c3cc(-c4cccc(C(F)(F)F)c4)n[nH]3)cc2)C1. The number of carbonyl (C=O) groups excluding carboxylic acids is 1. The number of likely N-dealkylation sites (tertiary alicyclic amines) is 1. The van der Waals surface area contributed by atoms with Gasteiger partial charge in [-0.05, 0) is 54.7 Å². The van der Waals surface area contributed by atoms with Crippen LogP contribution < -0.4 is 0 Å². The van der Waals surface area contributed by atoms with Gasteiger partial charge in [0.05, 0.1) is 17.0 Å². The van der Waals surface area contributed by atoms with E-state index in [9.17, 15) is 18.0 Å². The number of piperidine rings is 1. The number of carbonyl (C=O) groups is 1. The topological polar surface area (TPSA) is 49.0 Å². The molecule has 1 atom stereocenters. The molecule has 0 saturated carbocycles. The number of halogens is 3. The predicted octanol–water partition coefficient (Wildman–Crippen LogP) is 5.63. The van der Waals surface area contributed by atoms with Crippen molar-refractivity contribution < 1.29 is 18.0 Å². The first-order valence-corrected chi connectivity index (χ1v) is 9.94. The second-order valence-electron chi connectivity index (χ2n) is 7.82. The Hall–Kier alpha value is -3.09. The fourth-order valence-corrected chi connectivity index (χ4v) is 3.82. The summed E-state index contributed by atoms with van der Waals surface area (Å²) < 4.78 is 38.9. The summed E-state index contributed by atoms with van der Waals surface area (Å²) in [5.41, 5.74) is 2.22. The lowest BCUT2D eigenvalue weighted by Gasteiger charge is -2.31. The molecule has 1 N–H and O–H groups in total. The van der Waals surface area contributed by atoms with E-state index in [-0.39, 0.29) is 5.91 Å². The van der Waals surface area contributed by atoms with Crippen molar-refractivity contribution >= 4 is 5.91 Å². The van der Waals surface area contributed by atoms with Crippen LogP contribution in [0.2, 0.25) is 0 Å². The van der Waals surface area contributed by atoms with Crippen molar-refractivity contribution in [1.82, 2.24) is 15.1 Å². The molecule has 0 bridgehead atoms. The van der Waals surface area contributed by atoms with E-state index in [1.807, 2.05) is 17.0 Å². The monoisotopic (exact) mass is 413 g/mol. The average molecular weight is 413 g/mol. The van der Waals surface area contributed by atoms with E-state index >= 15 is 0 Å². The maximum Gasteiger partial charge on any atom is 0.416 e. The summed E-state index contributed by atoms with van der Waals surface area (Å²) in [7, 11) is 0. The van der Waals surface area contributed by atoms with Crippen molar-refractivity contribution in [2.75, 3.05) is 13.1 Å². The minimum atomic E-state index is -4.40. The molecule has 0 aliphatic carbocycles. The molecule has 7 heteroatoms. The largest absolute Gasteiger partial charge is 0.416 e. The summed E-state index contributed by atoms with van der Waals surface area (Å²) in [6.07, 6.45) is -2.22. The van der Waals surface area contributed by atoms with Crippen LogP contribution in [-0.2, 0) is 6.18 Å². The first kappa shape index (κ1) is 20.2. The number of rotatable bonds is 3. The number of nitrogens with one attached hydrogen (secondary N) is 1. The van der Waals surface area contributed by atoms with Gasteiger partial charge in [0.25, 0.3) is 5.91 Å². The van der Waals surface area contributed by atoms with Crippen LogP contribution in [0.5, 0.6) is 0 Å². The lowest BCUT2D eigenvalue weighted by Crippen LogP contribution is -2.39. The molecule has 4 rings (SSSR count). The highest BCUT2D eigenvalue weighted by atomic mass is 19.4. The van der Waals surface area contributed by atoms with Gasteiger partial charge in [0, 0.05) is 24.2 Å². The van der Waals surface area contributed by atoms with E-state index in [4.69, 9.17) is 0 Å². The molecule has 2 heterocycles. The molecule has 1 aliphatic rings. The standard InChI is InChI=1S/C23H22F3N3O/c1-15-4-3-11-29(14-15)22(30)17-9-7-16(8-10-17)20-13-21(28-27-20)18-5-2-6-19(12-18)23(24,25)26/h2,5-10,12-13,15H,3-4,11,14H2,1H3,(H,27,28). The second-order valence-corrected chi connectivity index (χ2v) is 7.82. The van der Waals surface area contributed by atoms with Gasteiger partial charge in [0.15, 0.2) is 0 Å². The molecule has 3 aromatic rings. The van der Waals surface area contributed by atoms with Gasteiger partial charge in [-0.25, -0.2) is 0 Å². The molecule has 1 aliphatic heterocycles. The molecule has 156 valence electrons. The van der Waals surface area contributed by atoms with Crippen molar-refractivity contribution in [3.05, 3.63) is 65.7 Å². The number of H-pyrrole nitrogens is 1. The summed E-state index contributed by atoms with van der Waals surface area (Å²) >= 11 is 0. The molecular formula is C23H22F3N3O. The minimum Gasteiger partial charge on any atom is -0.338 e. The van der Waals surface area contributed by atoms with Crippen LogP contribution in [0, 0.1) is 5.92 Å². The molecule has 1 amide bonds. The lowest BCUT2D eigenvalue weighted by atomic mass is 9.99. The second kappa shape index (κ2) is 7.97. The highest BCUT2D eigenvalue weighted by molar-refractivity contribution is 5.94. The van der Waals surface area contributed by atoms with Crippen LogP contribution >= 0.6 is 0 Å². The summed E-state index contributed by atoms with van der Waals surface area (Å²) in [6.45, 7) is 3.72. The molecule has 4 nitrogen and oxygen atoms in total. The van der Waals surface area contributed by atoms with Crippen LogP contribution in [0.25, 0.3) is 22.5 Å². The number of amides is 1. The van der Waals surface area contributed by atoms with Crippen LogP contribution in [0.3, 0.4) is 0 Å². The van der Waals surface area contributed by atoms with Gasteiger partial charge in [-0.15, -0.1) is 0 Å². The quantitative estimate of drug-likeness (QED) is 0.605. The van der Waals surface area contributed by atoms with Gasteiger partial charge < -0.3 is 4.90 Å². The Labute approximate surface area is 172 Å². The normalized spacial score (nSPS) is 17.2. The first-order chi connectivity index (χ1) is 14.3. The Morgan fingerprint density at radius 3 is 2.57 bits per heavy atom. The first-order valence-electron chi connectivity index (χ1n) is 9.94. The van der Waals surface area contributed by atoms with E-state index in [1.54, 1.807) is 24.3 Å². The summed E-state index contributed by atoms with van der Waals surface area (Å²) in [5, 5.41) is 7.03. The zero-order valence-corrected chi connectivity index (χ0v) is 16.5. The maximum atomic E-state index is 13.0. The zero-order valence-electron chi connectivity index (χ0n) is 16.5. The number of benzene rings is 2. The number of hydrogen-bond donors (Lipinski definition) is 1. The molecule has 0 spiro atoms. The smallest absolute Gasteiger partial charge is 0.338 e. The summed E-state index contributed by atoms with van der Waals surface area (Å²) in [4.78, 5) is 14.6. The van der Waals surface area contributed by atoms with Crippen LogP contribution in [0.15, 0.2) is 54.6 Å². The summed E-state index contributed by atoms with van der Waals surface area (Å²) in [5.74, 6) is 0.545. The zero-order chi connectivity index (χ0) is 21.3. The van der Waals surface area contributed by atoms with Crippen LogP contribution in [0.4, 0.5) is 13.2 Å². The Morgan fingerprint density at radius 2 is 1.87 bits per heavy atom. The molecule has 1 aromatic heterocycles. The highest BCUT2D eigenvalue weighted by Gasteiger charge is 2.30. The molecule has 1 fully saturated rings. The fraction of sp³-hybridized carbons (Fsp3) is 0.304. The Bertz CT molecular complexity index is 1040. The van der Waals surface area contributed by atoms with Gasteiger partial charge in [-0.1, -0.05) is 31.2 Å². The average Bonchev–Trinajstić information content (AvgIpc) is 3.23. The van der Waals surface area contributed by atoms with Gasteiger partial charge in [-0.3, -0.25) is 9.89 Å². The van der Waals surface area contributed by atoms with Crippen molar-refractivity contribution in [2.45, 2.75) is 25.9 Å². The van der Waals surface area contributed by atoms with Crippen molar-refractivity contribution in [2.24, 2.45) is 5.92 Å². The van der Waals surface area contributed by atoms with Crippen LogP contribution in [-0.4, -0.2) is 34.1 Å². The van der Waals surface area contributed by atoms with Crippen molar-refractivity contribution in [3.63, 3.8) is 0 Å². The summed E-state index contributed by atoms with van der Waals surface area (Å²) in [6, 6.07) is 14.0. The van der Waals surface area contributed by atoms with E-state index < -0.39 is 11.7 Å². The third-order valence-electron chi connectivity index (χ3n) is 5.45. The third-order valence-corrected chi connectivity index (χ3v) is 5.45. The molecule has 1 unspecified atom stereocenters. The van der Waals surface area contributed by atoms with E-state index in [1.165, 1.54) is 6.07 Å². The van der Waals surface area contributed by atoms with Gasteiger partial charge in [0.1, 0.15) is 0 Å². The fourth-order valence-electron chi connectivity index (χ4n) is 3.82. The van der Waals surface area contributed by atoms with Gasteiger partial charge >= 0.3 is 6.18 Å². The maximum absolute atomic E-state index is 13.0.